The average molecular weight is 376 g/mol. The van der Waals surface area contributed by atoms with Gasteiger partial charge >= 0.3 is 0 Å². The molecule has 0 heterocycles. The zero-order chi connectivity index (χ0) is 18.8. The third-order valence-corrected chi connectivity index (χ3v) is 4.62. The molecule has 0 fully saturated rings. The molecule has 6 heteroatoms. The minimum Gasteiger partial charge on any atom is -0.496 e. The quantitative estimate of drug-likeness (QED) is 0.547. The van der Waals surface area contributed by atoms with Crippen LogP contribution in [0.1, 0.15) is 16.7 Å². The van der Waals surface area contributed by atoms with Crippen molar-refractivity contribution in [1.82, 2.24) is 10.6 Å². The van der Waals surface area contributed by atoms with Crippen LogP contribution >= 0.6 is 11.8 Å². The number of rotatable bonds is 8. The van der Waals surface area contributed by atoms with E-state index in [1.807, 2.05) is 30.5 Å². The number of nitrogens with one attached hydrogen (secondary N) is 2. The van der Waals surface area contributed by atoms with Gasteiger partial charge in [0, 0.05) is 25.9 Å². The zero-order valence-electron chi connectivity index (χ0n) is 15.5. The van der Waals surface area contributed by atoms with Crippen molar-refractivity contribution in [3.05, 3.63) is 65.0 Å². The summed E-state index contributed by atoms with van der Waals surface area (Å²) in [5.74, 6) is 2.20. The molecule has 0 spiro atoms. The lowest BCUT2D eigenvalue weighted by Gasteiger charge is -2.15. The Labute approximate surface area is 159 Å². The van der Waals surface area contributed by atoms with E-state index in [1.54, 1.807) is 32.0 Å². The SMILES string of the molecule is CN=C(NCCc1ccccc1OC)NCc1ccc(F)cc1CSC. The van der Waals surface area contributed by atoms with E-state index in [-0.39, 0.29) is 5.82 Å². The second-order valence-corrected chi connectivity index (χ2v) is 6.63. The van der Waals surface area contributed by atoms with Crippen molar-refractivity contribution in [1.29, 1.82) is 0 Å². The van der Waals surface area contributed by atoms with Crippen LogP contribution in [0.2, 0.25) is 0 Å². The van der Waals surface area contributed by atoms with Gasteiger partial charge in [0.25, 0.3) is 0 Å². The fourth-order valence-corrected chi connectivity index (χ4v) is 3.26. The van der Waals surface area contributed by atoms with Crippen LogP contribution in [0.4, 0.5) is 4.39 Å². The van der Waals surface area contributed by atoms with Gasteiger partial charge in [0.05, 0.1) is 7.11 Å². The van der Waals surface area contributed by atoms with Crippen LogP contribution in [-0.4, -0.2) is 32.9 Å². The van der Waals surface area contributed by atoms with E-state index in [4.69, 9.17) is 4.74 Å². The number of aliphatic imine (C=N–C) groups is 1. The number of hydrogen-bond donors (Lipinski definition) is 2. The molecular formula is C20H26FN3OS. The lowest BCUT2D eigenvalue weighted by Crippen LogP contribution is -2.38. The predicted octanol–water partition coefficient (Wildman–Crippen LogP) is 3.61. The molecule has 0 aliphatic carbocycles. The van der Waals surface area contributed by atoms with Crippen molar-refractivity contribution >= 4 is 17.7 Å². The van der Waals surface area contributed by atoms with Gasteiger partial charge in [-0.15, -0.1) is 0 Å². The number of halogens is 1. The molecule has 140 valence electrons. The van der Waals surface area contributed by atoms with E-state index in [2.05, 4.69) is 21.7 Å². The molecule has 0 atom stereocenters. The summed E-state index contributed by atoms with van der Waals surface area (Å²) in [6.45, 7) is 1.34. The molecule has 0 saturated heterocycles. The molecule has 2 aromatic rings. The number of thioether (sulfide) groups is 1. The number of hydrogen-bond acceptors (Lipinski definition) is 3. The van der Waals surface area contributed by atoms with Crippen molar-refractivity contribution in [2.45, 2.75) is 18.7 Å². The monoisotopic (exact) mass is 375 g/mol. The van der Waals surface area contributed by atoms with Gasteiger partial charge in [-0.25, -0.2) is 4.39 Å². The number of ether oxygens (including phenoxy) is 1. The highest BCUT2D eigenvalue weighted by Crippen LogP contribution is 2.18. The first-order chi connectivity index (χ1) is 12.7. The zero-order valence-corrected chi connectivity index (χ0v) is 16.3. The number of nitrogens with zero attached hydrogens (tertiary/aromatic N) is 1. The van der Waals surface area contributed by atoms with Gasteiger partial charge in [-0.3, -0.25) is 4.99 Å². The number of methoxy groups -OCH3 is 1. The number of benzene rings is 2. The van der Waals surface area contributed by atoms with E-state index < -0.39 is 0 Å². The van der Waals surface area contributed by atoms with Crippen molar-refractivity contribution in [3.63, 3.8) is 0 Å². The summed E-state index contributed by atoms with van der Waals surface area (Å²) >= 11 is 1.68. The Kier molecular flexibility index (Phi) is 8.28. The normalized spacial score (nSPS) is 11.3. The molecule has 0 aliphatic heterocycles. The lowest BCUT2D eigenvalue weighted by atomic mass is 10.1. The van der Waals surface area contributed by atoms with Crippen molar-refractivity contribution in [2.24, 2.45) is 4.99 Å². The van der Waals surface area contributed by atoms with Crippen LogP contribution < -0.4 is 15.4 Å². The van der Waals surface area contributed by atoms with E-state index in [9.17, 15) is 4.39 Å². The Balaban J connectivity index is 1.88. The molecule has 0 bridgehead atoms. The molecule has 4 nitrogen and oxygen atoms in total. The molecule has 0 radical (unpaired) electrons. The molecule has 0 aromatic heterocycles. The summed E-state index contributed by atoms with van der Waals surface area (Å²) < 4.78 is 18.8. The van der Waals surface area contributed by atoms with E-state index in [0.29, 0.717) is 6.54 Å². The third-order valence-electron chi connectivity index (χ3n) is 4.02. The van der Waals surface area contributed by atoms with E-state index in [1.165, 1.54) is 6.07 Å². The van der Waals surface area contributed by atoms with Gasteiger partial charge < -0.3 is 15.4 Å². The minimum absolute atomic E-state index is 0.197. The smallest absolute Gasteiger partial charge is 0.191 e. The Bertz CT molecular complexity index is 737. The van der Waals surface area contributed by atoms with Crippen LogP contribution in [0.3, 0.4) is 0 Å². The molecule has 0 unspecified atom stereocenters. The molecule has 0 saturated carbocycles. The first kappa shape index (κ1) is 20.1. The van der Waals surface area contributed by atoms with Crippen molar-refractivity contribution < 1.29 is 9.13 Å². The van der Waals surface area contributed by atoms with Gasteiger partial charge in [-0.1, -0.05) is 24.3 Å². The van der Waals surface area contributed by atoms with Gasteiger partial charge in [0.15, 0.2) is 5.96 Å². The molecule has 0 amide bonds. The van der Waals surface area contributed by atoms with Crippen LogP contribution in [0.5, 0.6) is 5.75 Å². The van der Waals surface area contributed by atoms with Gasteiger partial charge in [-0.05, 0) is 47.6 Å². The van der Waals surface area contributed by atoms with E-state index in [0.717, 1.165) is 47.1 Å². The summed E-state index contributed by atoms with van der Waals surface area (Å²) in [6, 6.07) is 12.9. The molecule has 0 aliphatic rings. The first-order valence-corrected chi connectivity index (χ1v) is 9.90. The highest BCUT2D eigenvalue weighted by atomic mass is 32.2. The van der Waals surface area contributed by atoms with Crippen molar-refractivity contribution in [2.75, 3.05) is 27.0 Å². The summed E-state index contributed by atoms with van der Waals surface area (Å²) in [5.41, 5.74) is 3.24. The van der Waals surface area contributed by atoms with Crippen LogP contribution in [0.15, 0.2) is 47.5 Å². The Morgan fingerprint density at radius 2 is 1.92 bits per heavy atom. The summed E-state index contributed by atoms with van der Waals surface area (Å²) in [4.78, 5) is 4.25. The second-order valence-electron chi connectivity index (χ2n) is 5.76. The molecule has 2 aromatic carbocycles. The maximum absolute atomic E-state index is 13.4. The Morgan fingerprint density at radius 1 is 1.12 bits per heavy atom. The standard InChI is InChI=1S/C20H26FN3OS/c1-22-20(23-11-10-15-6-4-5-7-19(15)25-2)24-13-16-8-9-18(21)12-17(16)14-26-3/h4-9,12H,10-11,13-14H2,1-3H3,(H2,22,23,24). The molecule has 2 N–H and O–H groups in total. The molecule has 26 heavy (non-hydrogen) atoms. The largest absolute Gasteiger partial charge is 0.496 e. The fourth-order valence-electron chi connectivity index (χ4n) is 2.68. The van der Waals surface area contributed by atoms with E-state index >= 15 is 0 Å². The van der Waals surface area contributed by atoms with Crippen LogP contribution in [-0.2, 0) is 18.7 Å². The van der Waals surface area contributed by atoms with Gasteiger partial charge in [-0.2, -0.15) is 11.8 Å². The fraction of sp³-hybridized carbons (Fsp3) is 0.350. The first-order valence-electron chi connectivity index (χ1n) is 8.50. The minimum atomic E-state index is -0.197. The number of guanidine groups is 1. The predicted molar refractivity (Wildman–Crippen MR) is 109 cm³/mol. The number of para-hydroxylation sites is 1. The summed E-state index contributed by atoms with van der Waals surface area (Å²) in [7, 11) is 3.42. The molecular weight excluding hydrogens is 349 g/mol. The Morgan fingerprint density at radius 3 is 2.65 bits per heavy atom. The third kappa shape index (κ3) is 5.95. The van der Waals surface area contributed by atoms with Gasteiger partial charge in [0.1, 0.15) is 11.6 Å². The maximum Gasteiger partial charge on any atom is 0.191 e. The second kappa shape index (κ2) is 10.7. The highest BCUT2D eigenvalue weighted by Gasteiger charge is 2.06. The van der Waals surface area contributed by atoms with Crippen molar-refractivity contribution in [3.8, 4) is 5.75 Å². The summed E-state index contributed by atoms with van der Waals surface area (Å²) in [5, 5.41) is 6.60. The average Bonchev–Trinajstić information content (AvgIpc) is 2.66. The van der Waals surface area contributed by atoms with Gasteiger partial charge in [0.2, 0.25) is 0 Å². The van der Waals surface area contributed by atoms with Crippen LogP contribution in [0.25, 0.3) is 0 Å². The highest BCUT2D eigenvalue weighted by molar-refractivity contribution is 7.97. The maximum atomic E-state index is 13.4. The van der Waals surface area contributed by atoms with Crippen LogP contribution in [0, 0.1) is 5.82 Å². The summed E-state index contributed by atoms with van der Waals surface area (Å²) in [6.07, 6.45) is 2.85. The topological polar surface area (TPSA) is 45.7 Å². The molecule has 2 rings (SSSR count). The lowest BCUT2D eigenvalue weighted by molar-refractivity contribution is 0.409. The Hall–Kier alpha value is -2.21.